The molecule has 0 spiro atoms. The van der Waals surface area contributed by atoms with Crippen molar-refractivity contribution in [2.24, 2.45) is 0 Å². The summed E-state index contributed by atoms with van der Waals surface area (Å²) in [5.74, 6) is -0.197. The minimum absolute atomic E-state index is 0.0409. The fraction of sp³-hybridized carbons (Fsp3) is 0.0714. The monoisotopic (exact) mass is 339 g/mol. The molecule has 0 saturated carbocycles. The molecule has 0 heterocycles. The van der Waals surface area contributed by atoms with Gasteiger partial charge in [0.25, 0.3) is 5.91 Å². The van der Waals surface area contributed by atoms with Gasteiger partial charge in [0.2, 0.25) is 0 Å². The van der Waals surface area contributed by atoms with Crippen LogP contribution in [0.15, 0.2) is 46.9 Å². The summed E-state index contributed by atoms with van der Waals surface area (Å²) in [5, 5.41) is 13.0. The highest BCUT2D eigenvalue weighted by molar-refractivity contribution is 9.10. The number of nitrogens with one attached hydrogen (secondary N) is 1. The molecule has 2 rings (SSSR count). The van der Waals surface area contributed by atoms with Gasteiger partial charge in [-0.1, -0.05) is 23.7 Å². The number of rotatable bonds is 3. The molecule has 19 heavy (non-hydrogen) atoms. The fourth-order valence-electron chi connectivity index (χ4n) is 1.54. The van der Waals surface area contributed by atoms with E-state index in [-0.39, 0.29) is 11.7 Å². The zero-order chi connectivity index (χ0) is 13.8. The summed E-state index contributed by atoms with van der Waals surface area (Å²) in [5.41, 5.74) is 1.37. The minimum atomic E-state index is -0.238. The van der Waals surface area contributed by atoms with E-state index in [1.54, 1.807) is 24.3 Å². The van der Waals surface area contributed by atoms with E-state index >= 15 is 0 Å². The standard InChI is InChI=1S/C14H11BrClNO2/c15-12-6-3-10(7-13(12)18)14(19)17-8-9-1-4-11(16)5-2-9/h1-7,18H,8H2,(H,17,19). The van der Waals surface area contributed by atoms with Gasteiger partial charge in [0.15, 0.2) is 0 Å². The molecule has 2 aromatic carbocycles. The van der Waals surface area contributed by atoms with Gasteiger partial charge >= 0.3 is 0 Å². The first-order chi connectivity index (χ1) is 9.06. The number of benzene rings is 2. The van der Waals surface area contributed by atoms with Gasteiger partial charge in [-0.3, -0.25) is 4.79 Å². The number of carbonyl (C=O) groups excluding carboxylic acids is 1. The van der Waals surface area contributed by atoms with E-state index < -0.39 is 0 Å². The van der Waals surface area contributed by atoms with Crippen LogP contribution in [0.1, 0.15) is 15.9 Å². The molecular formula is C14H11BrClNO2. The Morgan fingerprint density at radius 2 is 1.89 bits per heavy atom. The summed E-state index contributed by atoms with van der Waals surface area (Å²) in [6.07, 6.45) is 0. The fourth-order valence-corrected chi connectivity index (χ4v) is 1.91. The second-order valence-electron chi connectivity index (χ2n) is 3.98. The van der Waals surface area contributed by atoms with Gasteiger partial charge in [-0.2, -0.15) is 0 Å². The molecule has 0 atom stereocenters. The number of hydrogen-bond donors (Lipinski definition) is 2. The average molecular weight is 341 g/mol. The quantitative estimate of drug-likeness (QED) is 0.894. The van der Waals surface area contributed by atoms with E-state index in [1.807, 2.05) is 12.1 Å². The van der Waals surface area contributed by atoms with Crippen LogP contribution in [0.25, 0.3) is 0 Å². The third-order valence-corrected chi connectivity index (χ3v) is 3.50. The molecule has 2 aromatic rings. The van der Waals surface area contributed by atoms with Crippen molar-refractivity contribution in [3.05, 3.63) is 63.1 Å². The van der Waals surface area contributed by atoms with E-state index in [9.17, 15) is 9.90 Å². The van der Waals surface area contributed by atoms with E-state index in [4.69, 9.17) is 11.6 Å². The van der Waals surface area contributed by atoms with Crippen LogP contribution in [0.2, 0.25) is 5.02 Å². The third-order valence-electron chi connectivity index (χ3n) is 2.57. The Bertz CT molecular complexity index is 599. The van der Waals surface area contributed by atoms with Crippen molar-refractivity contribution in [2.45, 2.75) is 6.54 Å². The average Bonchev–Trinajstić information content (AvgIpc) is 2.41. The van der Waals surface area contributed by atoms with Gasteiger partial charge in [-0.05, 0) is 51.8 Å². The first kappa shape index (κ1) is 13.9. The molecular weight excluding hydrogens is 330 g/mol. The minimum Gasteiger partial charge on any atom is -0.507 e. The van der Waals surface area contributed by atoms with Gasteiger partial charge in [0.05, 0.1) is 4.47 Å². The number of phenolic OH excluding ortho intramolecular Hbond substituents is 1. The van der Waals surface area contributed by atoms with Crippen LogP contribution in [0.4, 0.5) is 0 Å². The SMILES string of the molecule is O=C(NCc1ccc(Cl)cc1)c1ccc(Br)c(O)c1. The van der Waals surface area contributed by atoms with Crippen LogP contribution >= 0.6 is 27.5 Å². The molecule has 0 radical (unpaired) electrons. The lowest BCUT2D eigenvalue weighted by Gasteiger charge is -2.06. The highest BCUT2D eigenvalue weighted by atomic mass is 79.9. The van der Waals surface area contributed by atoms with Crippen molar-refractivity contribution in [1.82, 2.24) is 5.32 Å². The van der Waals surface area contributed by atoms with Crippen LogP contribution in [0.5, 0.6) is 5.75 Å². The first-order valence-corrected chi connectivity index (χ1v) is 6.74. The number of amides is 1. The third kappa shape index (κ3) is 3.72. The predicted octanol–water partition coefficient (Wildman–Crippen LogP) is 3.74. The zero-order valence-electron chi connectivity index (χ0n) is 9.86. The van der Waals surface area contributed by atoms with Crippen LogP contribution in [-0.4, -0.2) is 11.0 Å². The second-order valence-corrected chi connectivity index (χ2v) is 5.27. The second kappa shape index (κ2) is 6.08. The summed E-state index contributed by atoms with van der Waals surface area (Å²) in [7, 11) is 0. The van der Waals surface area contributed by atoms with Gasteiger partial charge in [0.1, 0.15) is 5.75 Å². The van der Waals surface area contributed by atoms with E-state index in [0.717, 1.165) is 5.56 Å². The van der Waals surface area contributed by atoms with Crippen LogP contribution in [0.3, 0.4) is 0 Å². The Labute approximate surface area is 124 Å². The number of aromatic hydroxyl groups is 1. The van der Waals surface area contributed by atoms with Crippen molar-refractivity contribution in [1.29, 1.82) is 0 Å². The molecule has 0 fully saturated rings. The molecule has 0 bridgehead atoms. The Morgan fingerprint density at radius 3 is 2.53 bits per heavy atom. The molecule has 0 aliphatic rings. The van der Waals surface area contributed by atoms with Crippen molar-refractivity contribution in [3.8, 4) is 5.75 Å². The maximum atomic E-state index is 11.9. The number of hydrogen-bond acceptors (Lipinski definition) is 2. The normalized spacial score (nSPS) is 10.2. The summed E-state index contributed by atoms with van der Waals surface area (Å²) in [6, 6.07) is 11.9. The molecule has 0 aromatic heterocycles. The van der Waals surface area contributed by atoms with E-state index in [1.165, 1.54) is 6.07 Å². The number of halogens is 2. The van der Waals surface area contributed by atoms with Crippen LogP contribution in [-0.2, 0) is 6.54 Å². The summed E-state index contributed by atoms with van der Waals surface area (Å²) in [6.45, 7) is 0.410. The highest BCUT2D eigenvalue weighted by Gasteiger charge is 2.07. The molecule has 98 valence electrons. The van der Waals surface area contributed by atoms with Crippen LogP contribution < -0.4 is 5.32 Å². The largest absolute Gasteiger partial charge is 0.507 e. The smallest absolute Gasteiger partial charge is 0.251 e. The zero-order valence-corrected chi connectivity index (χ0v) is 12.2. The number of carbonyl (C=O) groups is 1. The van der Waals surface area contributed by atoms with Gasteiger partial charge in [-0.25, -0.2) is 0 Å². The first-order valence-electron chi connectivity index (χ1n) is 5.57. The number of phenols is 1. The maximum absolute atomic E-state index is 11.9. The Morgan fingerprint density at radius 1 is 1.21 bits per heavy atom. The van der Waals surface area contributed by atoms with Gasteiger partial charge < -0.3 is 10.4 Å². The van der Waals surface area contributed by atoms with Gasteiger partial charge in [0, 0.05) is 17.1 Å². The summed E-state index contributed by atoms with van der Waals surface area (Å²) < 4.78 is 0.557. The lowest BCUT2D eigenvalue weighted by Crippen LogP contribution is -2.22. The molecule has 2 N–H and O–H groups in total. The van der Waals surface area contributed by atoms with E-state index in [0.29, 0.717) is 21.6 Å². The molecule has 5 heteroatoms. The summed E-state index contributed by atoms with van der Waals surface area (Å²) >= 11 is 8.95. The molecule has 0 unspecified atom stereocenters. The van der Waals surface area contributed by atoms with E-state index in [2.05, 4.69) is 21.2 Å². The highest BCUT2D eigenvalue weighted by Crippen LogP contribution is 2.24. The molecule has 0 aliphatic heterocycles. The molecule has 0 saturated heterocycles. The van der Waals surface area contributed by atoms with Crippen molar-refractivity contribution in [3.63, 3.8) is 0 Å². The molecule has 0 aliphatic carbocycles. The van der Waals surface area contributed by atoms with Crippen LogP contribution in [0, 0.1) is 0 Å². The predicted molar refractivity (Wildman–Crippen MR) is 78.4 cm³/mol. The Kier molecular flexibility index (Phi) is 4.45. The Hall–Kier alpha value is -1.52. The molecule has 3 nitrogen and oxygen atoms in total. The van der Waals surface area contributed by atoms with Crippen molar-refractivity contribution >= 4 is 33.4 Å². The Balaban J connectivity index is 2.01. The lowest BCUT2D eigenvalue weighted by molar-refractivity contribution is 0.0950. The van der Waals surface area contributed by atoms with Crippen molar-refractivity contribution in [2.75, 3.05) is 0 Å². The van der Waals surface area contributed by atoms with Crippen molar-refractivity contribution < 1.29 is 9.90 Å². The lowest BCUT2D eigenvalue weighted by atomic mass is 10.2. The topological polar surface area (TPSA) is 49.3 Å². The molecule has 1 amide bonds. The maximum Gasteiger partial charge on any atom is 0.251 e. The van der Waals surface area contributed by atoms with Gasteiger partial charge in [-0.15, -0.1) is 0 Å². The summed E-state index contributed by atoms with van der Waals surface area (Å²) in [4.78, 5) is 11.9.